The molecule has 8 heteroatoms. The second kappa shape index (κ2) is 16.1. The highest BCUT2D eigenvalue weighted by molar-refractivity contribution is 6.01. The number of carbonyl (C=O) groups excluding carboxylic acids is 2. The molecule has 0 aliphatic carbocycles. The predicted molar refractivity (Wildman–Crippen MR) is 188 cm³/mol. The molecule has 5 aromatic carbocycles. The van der Waals surface area contributed by atoms with Gasteiger partial charge in [-0.2, -0.15) is 0 Å². The average molecular weight is 634 g/mol. The van der Waals surface area contributed by atoms with Crippen LogP contribution < -0.4 is 25.4 Å². The number of fused-ring (bicyclic) bond motifs is 2. The summed E-state index contributed by atoms with van der Waals surface area (Å²) < 4.78 is 16.2. The summed E-state index contributed by atoms with van der Waals surface area (Å²) in [6.45, 7) is 3.21. The van der Waals surface area contributed by atoms with Crippen LogP contribution in [0.2, 0.25) is 0 Å². The van der Waals surface area contributed by atoms with Gasteiger partial charge in [0, 0.05) is 30.7 Å². The van der Waals surface area contributed by atoms with Crippen molar-refractivity contribution < 1.29 is 23.8 Å². The number of nitrogens with one attached hydrogen (secondary N) is 3. The number of hydrogen-bond donors (Lipinski definition) is 3. The molecular formula is C39H43N3O5. The van der Waals surface area contributed by atoms with Crippen molar-refractivity contribution in [1.29, 1.82) is 0 Å². The lowest BCUT2D eigenvalue weighted by Crippen LogP contribution is -2.48. The smallest absolute Gasteiger partial charge is 0.345 e. The van der Waals surface area contributed by atoms with Crippen LogP contribution >= 0.6 is 0 Å². The highest BCUT2D eigenvalue weighted by Gasteiger charge is 2.25. The lowest BCUT2D eigenvalue weighted by atomic mass is 9.97. The molecule has 0 unspecified atom stereocenters. The van der Waals surface area contributed by atoms with Gasteiger partial charge in [0.1, 0.15) is 17.1 Å². The minimum Gasteiger partial charge on any atom is -0.496 e. The Balaban J connectivity index is 1.42. The van der Waals surface area contributed by atoms with E-state index in [0.717, 1.165) is 29.3 Å². The third-order valence-electron chi connectivity index (χ3n) is 8.38. The van der Waals surface area contributed by atoms with E-state index in [0.29, 0.717) is 18.5 Å². The zero-order valence-electron chi connectivity index (χ0n) is 27.5. The van der Waals surface area contributed by atoms with Gasteiger partial charge < -0.3 is 30.2 Å². The maximum Gasteiger partial charge on any atom is 0.345 e. The van der Waals surface area contributed by atoms with Gasteiger partial charge >= 0.3 is 5.97 Å². The van der Waals surface area contributed by atoms with Crippen LogP contribution in [0.15, 0.2) is 97.1 Å². The number of methoxy groups -OCH3 is 2. The van der Waals surface area contributed by atoms with E-state index in [4.69, 9.17) is 14.2 Å². The summed E-state index contributed by atoms with van der Waals surface area (Å²) in [6.07, 6.45) is 1.43. The van der Waals surface area contributed by atoms with Crippen LogP contribution in [-0.2, 0) is 17.6 Å². The van der Waals surface area contributed by atoms with E-state index in [1.807, 2.05) is 19.2 Å². The van der Waals surface area contributed by atoms with Gasteiger partial charge in [0.05, 0.1) is 20.8 Å². The predicted octanol–water partition coefficient (Wildman–Crippen LogP) is 5.95. The maximum absolute atomic E-state index is 13.9. The highest BCUT2D eigenvalue weighted by atomic mass is 16.5. The molecule has 8 nitrogen and oxygen atoms in total. The fourth-order valence-electron chi connectivity index (χ4n) is 6.13. The van der Waals surface area contributed by atoms with E-state index < -0.39 is 5.97 Å². The minimum absolute atomic E-state index is 0.113. The summed E-state index contributed by atoms with van der Waals surface area (Å²) in [7, 11) is 4.85. The van der Waals surface area contributed by atoms with Crippen LogP contribution in [0.1, 0.15) is 38.8 Å². The molecule has 0 saturated heterocycles. The van der Waals surface area contributed by atoms with Gasteiger partial charge in [0.2, 0.25) is 0 Å². The summed E-state index contributed by atoms with van der Waals surface area (Å²) in [5, 5.41) is 15.1. The van der Waals surface area contributed by atoms with Crippen molar-refractivity contribution in [3.8, 4) is 11.5 Å². The van der Waals surface area contributed by atoms with E-state index >= 15 is 0 Å². The molecule has 0 fully saturated rings. The maximum atomic E-state index is 13.9. The van der Waals surface area contributed by atoms with E-state index in [1.54, 1.807) is 19.1 Å². The van der Waals surface area contributed by atoms with Crippen LogP contribution in [0.5, 0.6) is 11.5 Å². The molecule has 0 spiro atoms. The number of hydrogen-bond acceptors (Lipinski definition) is 7. The van der Waals surface area contributed by atoms with Gasteiger partial charge in [-0.1, -0.05) is 84.9 Å². The minimum atomic E-state index is -0.576. The molecule has 244 valence electrons. The molecule has 5 rings (SSSR count). The topological polar surface area (TPSA) is 97.9 Å². The van der Waals surface area contributed by atoms with Crippen molar-refractivity contribution in [3.05, 3.63) is 119 Å². The van der Waals surface area contributed by atoms with Crippen molar-refractivity contribution in [1.82, 2.24) is 16.0 Å². The molecule has 0 saturated carbocycles. The van der Waals surface area contributed by atoms with E-state index in [9.17, 15) is 9.59 Å². The first-order valence-electron chi connectivity index (χ1n) is 16.0. The van der Waals surface area contributed by atoms with Crippen molar-refractivity contribution in [2.45, 2.75) is 31.8 Å². The van der Waals surface area contributed by atoms with Gasteiger partial charge in [-0.05, 0) is 71.6 Å². The summed E-state index contributed by atoms with van der Waals surface area (Å²) >= 11 is 0. The van der Waals surface area contributed by atoms with E-state index in [2.05, 4.69) is 88.7 Å². The molecule has 0 aliphatic rings. The SMILES string of the molecule is CCOC(=O)c1c(OC)cc(C(=O)N[C@@H](CN[C@@H](CNC)Cc2cccc3ccccc23)Cc2cccc3ccccc23)cc1OC. The van der Waals surface area contributed by atoms with Gasteiger partial charge in [-0.15, -0.1) is 0 Å². The first-order chi connectivity index (χ1) is 22.9. The number of rotatable bonds is 15. The summed E-state index contributed by atoms with van der Waals surface area (Å²) in [4.78, 5) is 26.6. The molecule has 0 aromatic heterocycles. The first kappa shape index (κ1) is 33.4. The Labute approximate surface area is 276 Å². The molecule has 0 radical (unpaired) electrons. The lowest BCUT2D eigenvalue weighted by Gasteiger charge is -2.25. The fraction of sp³-hybridized carbons (Fsp3) is 0.282. The Morgan fingerprint density at radius 1 is 0.702 bits per heavy atom. The number of ether oxygens (including phenoxy) is 3. The van der Waals surface area contributed by atoms with Crippen LogP contribution in [0.3, 0.4) is 0 Å². The highest BCUT2D eigenvalue weighted by Crippen LogP contribution is 2.31. The van der Waals surface area contributed by atoms with Crippen molar-refractivity contribution in [2.75, 3.05) is 41.0 Å². The van der Waals surface area contributed by atoms with Crippen LogP contribution in [0.25, 0.3) is 21.5 Å². The summed E-state index contributed by atoms with van der Waals surface area (Å²) in [5.74, 6) is -0.460. The normalized spacial score (nSPS) is 12.4. The number of likely N-dealkylation sites (N-methyl/N-ethyl adjacent to an activating group) is 1. The van der Waals surface area contributed by atoms with Crippen molar-refractivity contribution in [2.24, 2.45) is 0 Å². The van der Waals surface area contributed by atoms with Gasteiger partial charge in [-0.25, -0.2) is 4.79 Å². The quantitative estimate of drug-likeness (QED) is 0.123. The largest absolute Gasteiger partial charge is 0.496 e. The zero-order valence-corrected chi connectivity index (χ0v) is 27.5. The molecule has 5 aromatic rings. The Hall–Kier alpha value is -4.92. The molecule has 47 heavy (non-hydrogen) atoms. The number of esters is 1. The number of carbonyl (C=O) groups is 2. The second-order valence-electron chi connectivity index (χ2n) is 11.5. The Kier molecular flexibility index (Phi) is 11.4. The number of amides is 1. The monoisotopic (exact) mass is 633 g/mol. The van der Waals surface area contributed by atoms with Crippen molar-refractivity contribution in [3.63, 3.8) is 0 Å². The second-order valence-corrected chi connectivity index (χ2v) is 11.5. The van der Waals surface area contributed by atoms with Gasteiger partial charge in [-0.3, -0.25) is 4.79 Å². The van der Waals surface area contributed by atoms with Crippen LogP contribution in [0.4, 0.5) is 0 Å². The van der Waals surface area contributed by atoms with Crippen molar-refractivity contribution >= 4 is 33.4 Å². The molecule has 0 aliphatic heterocycles. The zero-order chi connectivity index (χ0) is 33.2. The fourth-order valence-corrected chi connectivity index (χ4v) is 6.13. The Morgan fingerprint density at radius 2 is 1.23 bits per heavy atom. The van der Waals surface area contributed by atoms with Crippen LogP contribution in [0, 0.1) is 0 Å². The van der Waals surface area contributed by atoms with E-state index in [1.165, 1.54) is 30.6 Å². The average Bonchev–Trinajstić information content (AvgIpc) is 3.10. The Morgan fingerprint density at radius 3 is 1.77 bits per heavy atom. The van der Waals surface area contributed by atoms with Gasteiger partial charge in [0.15, 0.2) is 0 Å². The Bertz CT molecular complexity index is 1800. The van der Waals surface area contributed by atoms with Crippen LogP contribution in [-0.4, -0.2) is 64.9 Å². The standard InChI is InChI=1S/C39H43N3O5/c1-5-47-39(44)37-35(45-3)22-30(23-36(37)46-4)38(43)42-32(21-29-17-11-15-27-13-7-9-19-34(27)29)25-41-31(24-40-2)20-28-16-10-14-26-12-6-8-18-33(26)28/h6-19,22-23,31-32,40-41H,5,20-21,24-25H2,1-4H3,(H,42,43)/t31-,32-/m1/s1. The molecule has 0 heterocycles. The molecule has 0 bridgehead atoms. The lowest BCUT2D eigenvalue weighted by molar-refractivity contribution is 0.0518. The summed E-state index contributed by atoms with van der Waals surface area (Å²) in [5.41, 5.74) is 2.87. The molecule has 1 amide bonds. The molecule has 3 N–H and O–H groups in total. The third kappa shape index (κ3) is 8.09. The number of benzene rings is 5. The summed E-state index contributed by atoms with van der Waals surface area (Å²) in [6, 6.07) is 32.4. The first-order valence-corrected chi connectivity index (χ1v) is 16.0. The van der Waals surface area contributed by atoms with Gasteiger partial charge in [0.25, 0.3) is 5.91 Å². The molecular weight excluding hydrogens is 590 g/mol. The third-order valence-corrected chi connectivity index (χ3v) is 8.38. The molecule has 2 atom stereocenters. The van der Waals surface area contributed by atoms with E-state index in [-0.39, 0.29) is 41.7 Å².